The maximum Gasteiger partial charge on any atom is 0.163 e. The Morgan fingerprint density at radius 1 is 1.38 bits per heavy atom. The van der Waals surface area contributed by atoms with Crippen LogP contribution in [0.3, 0.4) is 0 Å². The minimum atomic E-state index is 0.168. The van der Waals surface area contributed by atoms with Crippen LogP contribution in [0.15, 0.2) is 12.1 Å². The monoisotopic (exact) mass is 214 g/mol. The summed E-state index contributed by atoms with van der Waals surface area (Å²) in [4.78, 5) is 11.4. The van der Waals surface area contributed by atoms with Gasteiger partial charge < -0.3 is 0 Å². The lowest BCUT2D eigenvalue weighted by Crippen LogP contribution is -1.90. The van der Waals surface area contributed by atoms with Crippen LogP contribution in [-0.2, 0) is 0 Å². The van der Waals surface area contributed by atoms with Gasteiger partial charge in [-0.2, -0.15) is 0 Å². The standard InChI is InChI=1S/C10H8Cl2O/c1-5-4-8(13)6-2-3-7(11)10(12)9(5)6/h2-3,5H,4H2,1H3. The molecule has 1 aromatic rings. The summed E-state index contributed by atoms with van der Waals surface area (Å²) >= 11 is 11.9. The Balaban J connectivity index is 2.70. The van der Waals surface area contributed by atoms with E-state index in [0.717, 1.165) is 11.1 Å². The molecule has 0 saturated carbocycles. The molecule has 1 atom stereocenters. The van der Waals surface area contributed by atoms with Crippen LogP contribution in [0.25, 0.3) is 0 Å². The molecule has 0 fully saturated rings. The average Bonchev–Trinajstić information content (AvgIpc) is 2.35. The van der Waals surface area contributed by atoms with Crippen LogP contribution in [0.5, 0.6) is 0 Å². The second kappa shape index (κ2) is 3.00. The number of carbonyl (C=O) groups excluding carboxylic acids is 1. The van der Waals surface area contributed by atoms with Gasteiger partial charge in [0.2, 0.25) is 0 Å². The Bertz CT molecular complexity index is 385. The van der Waals surface area contributed by atoms with Crippen molar-refractivity contribution in [1.82, 2.24) is 0 Å². The Morgan fingerprint density at radius 2 is 2.08 bits per heavy atom. The molecule has 0 amide bonds. The molecule has 1 aliphatic carbocycles. The molecule has 2 rings (SSSR count). The largest absolute Gasteiger partial charge is 0.294 e. The lowest BCUT2D eigenvalue weighted by molar-refractivity contribution is 0.0990. The van der Waals surface area contributed by atoms with E-state index in [-0.39, 0.29) is 11.7 Å². The number of halogens is 2. The Labute approximate surface area is 86.7 Å². The van der Waals surface area contributed by atoms with Gasteiger partial charge in [-0.05, 0) is 23.6 Å². The quantitative estimate of drug-likeness (QED) is 0.645. The molecule has 0 saturated heterocycles. The molecule has 0 aliphatic heterocycles. The first-order valence-corrected chi connectivity index (χ1v) is 4.88. The zero-order chi connectivity index (χ0) is 9.59. The van der Waals surface area contributed by atoms with Crippen molar-refractivity contribution >= 4 is 29.0 Å². The van der Waals surface area contributed by atoms with Crippen molar-refractivity contribution in [3.63, 3.8) is 0 Å². The molecule has 0 heterocycles. The van der Waals surface area contributed by atoms with Gasteiger partial charge in [0.1, 0.15) is 0 Å². The minimum absolute atomic E-state index is 0.168. The summed E-state index contributed by atoms with van der Waals surface area (Å²) in [6, 6.07) is 3.44. The molecule has 1 nitrogen and oxygen atoms in total. The third-order valence-electron chi connectivity index (χ3n) is 2.42. The summed E-state index contributed by atoms with van der Waals surface area (Å²) in [5.41, 5.74) is 1.65. The molecule has 68 valence electrons. The van der Waals surface area contributed by atoms with Gasteiger partial charge in [0, 0.05) is 12.0 Å². The van der Waals surface area contributed by atoms with Gasteiger partial charge in [-0.25, -0.2) is 0 Å². The predicted octanol–water partition coefficient (Wildman–Crippen LogP) is 3.68. The fourth-order valence-corrected chi connectivity index (χ4v) is 2.30. The summed E-state index contributed by atoms with van der Waals surface area (Å²) in [6.07, 6.45) is 0.551. The van der Waals surface area contributed by atoms with Crippen molar-refractivity contribution in [2.75, 3.05) is 0 Å². The second-order valence-electron chi connectivity index (χ2n) is 3.35. The van der Waals surface area contributed by atoms with E-state index in [1.54, 1.807) is 12.1 Å². The maximum absolute atomic E-state index is 11.4. The normalized spacial score (nSPS) is 20.5. The number of fused-ring (bicyclic) bond motifs is 1. The lowest BCUT2D eigenvalue weighted by Gasteiger charge is -2.06. The highest BCUT2D eigenvalue weighted by Crippen LogP contribution is 2.40. The van der Waals surface area contributed by atoms with E-state index < -0.39 is 0 Å². The van der Waals surface area contributed by atoms with Crippen LogP contribution >= 0.6 is 23.2 Å². The third kappa shape index (κ3) is 1.27. The van der Waals surface area contributed by atoms with E-state index in [0.29, 0.717) is 16.5 Å². The Kier molecular flexibility index (Phi) is 2.09. The van der Waals surface area contributed by atoms with Gasteiger partial charge in [0.05, 0.1) is 10.0 Å². The first-order valence-electron chi connectivity index (χ1n) is 4.12. The van der Waals surface area contributed by atoms with Gasteiger partial charge in [-0.3, -0.25) is 4.79 Å². The number of Topliss-reactive ketones (excluding diaryl/α,β-unsaturated/α-hetero) is 1. The van der Waals surface area contributed by atoms with Crippen molar-refractivity contribution in [3.05, 3.63) is 33.3 Å². The van der Waals surface area contributed by atoms with Crippen molar-refractivity contribution < 1.29 is 4.79 Å². The van der Waals surface area contributed by atoms with Gasteiger partial charge in [-0.15, -0.1) is 0 Å². The fourth-order valence-electron chi connectivity index (χ4n) is 1.78. The highest BCUT2D eigenvalue weighted by atomic mass is 35.5. The van der Waals surface area contributed by atoms with Gasteiger partial charge in [0.15, 0.2) is 5.78 Å². The third-order valence-corrected chi connectivity index (χ3v) is 3.24. The number of rotatable bonds is 0. The van der Waals surface area contributed by atoms with Crippen molar-refractivity contribution in [3.8, 4) is 0 Å². The zero-order valence-corrected chi connectivity index (χ0v) is 8.62. The molecule has 0 spiro atoms. The number of carbonyl (C=O) groups is 1. The summed E-state index contributed by atoms with van der Waals surface area (Å²) in [6.45, 7) is 1.99. The van der Waals surface area contributed by atoms with E-state index in [1.165, 1.54) is 0 Å². The number of hydrogen-bond acceptors (Lipinski definition) is 1. The van der Waals surface area contributed by atoms with Crippen LogP contribution in [0, 0.1) is 0 Å². The highest BCUT2D eigenvalue weighted by Gasteiger charge is 2.28. The molecular weight excluding hydrogens is 207 g/mol. The summed E-state index contributed by atoms with van der Waals surface area (Å²) < 4.78 is 0. The SMILES string of the molecule is CC1CC(=O)c2ccc(Cl)c(Cl)c21. The van der Waals surface area contributed by atoms with E-state index in [4.69, 9.17) is 23.2 Å². The van der Waals surface area contributed by atoms with Crippen molar-refractivity contribution in [2.45, 2.75) is 19.3 Å². The van der Waals surface area contributed by atoms with Crippen LogP contribution < -0.4 is 0 Å². The minimum Gasteiger partial charge on any atom is -0.294 e. The topological polar surface area (TPSA) is 17.1 Å². The summed E-state index contributed by atoms with van der Waals surface area (Å²) in [5.74, 6) is 0.370. The van der Waals surface area contributed by atoms with Crippen LogP contribution in [0.4, 0.5) is 0 Å². The molecule has 0 bridgehead atoms. The van der Waals surface area contributed by atoms with Gasteiger partial charge in [0.25, 0.3) is 0 Å². The molecule has 13 heavy (non-hydrogen) atoms. The molecule has 1 unspecified atom stereocenters. The molecule has 3 heteroatoms. The van der Waals surface area contributed by atoms with Crippen molar-refractivity contribution in [2.24, 2.45) is 0 Å². The number of benzene rings is 1. The highest BCUT2D eigenvalue weighted by molar-refractivity contribution is 6.43. The fraction of sp³-hybridized carbons (Fsp3) is 0.300. The molecule has 0 radical (unpaired) electrons. The smallest absolute Gasteiger partial charge is 0.163 e. The summed E-state index contributed by atoms with van der Waals surface area (Å²) in [5, 5.41) is 1.07. The van der Waals surface area contributed by atoms with E-state index in [2.05, 4.69) is 0 Å². The van der Waals surface area contributed by atoms with E-state index in [9.17, 15) is 4.79 Å². The van der Waals surface area contributed by atoms with Gasteiger partial charge in [-0.1, -0.05) is 30.1 Å². The number of ketones is 1. The average molecular weight is 215 g/mol. The van der Waals surface area contributed by atoms with Crippen molar-refractivity contribution in [1.29, 1.82) is 0 Å². The van der Waals surface area contributed by atoms with E-state index in [1.807, 2.05) is 6.92 Å². The molecular formula is C10H8Cl2O. The van der Waals surface area contributed by atoms with Crippen LogP contribution in [0.2, 0.25) is 10.0 Å². The van der Waals surface area contributed by atoms with E-state index >= 15 is 0 Å². The number of hydrogen-bond donors (Lipinski definition) is 0. The molecule has 1 aliphatic rings. The van der Waals surface area contributed by atoms with Gasteiger partial charge >= 0.3 is 0 Å². The molecule has 0 N–H and O–H groups in total. The second-order valence-corrected chi connectivity index (χ2v) is 4.14. The molecule has 0 aromatic heterocycles. The lowest BCUT2D eigenvalue weighted by atomic mass is 10.0. The zero-order valence-electron chi connectivity index (χ0n) is 7.10. The predicted molar refractivity (Wildman–Crippen MR) is 53.8 cm³/mol. The Morgan fingerprint density at radius 3 is 2.77 bits per heavy atom. The summed E-state index contributed by atoms with van der Waals surface area (Å²) in [7, 11) is 0. The van der Waals surface area contributed by atoms with Crippen LogP contribution in [0.1, 0.15) is 35.2 Å². The maximum atomic E-state index is 11.4. The molecule has 1 aromatic carbocycles. The Hall–Kier alpha value is -0.530. The van der Waals surface area contributed by atoms with Crippen LogP contribution in [-0.4, -0.2) is 5.78 Å². The first kappa shape index (κ1) is 9.04. The first-order chi connectivity index (χ1) is 6.11.